The molecule has 1 saturated heterocycles. The topological polar surface area (TPSA) is 32.3 Å². The molecule has 0 bridgehead atoms. The minimum atomic E-state index is -0.231. The molecule has 30 heavy (non-hydrogen) atoms. The van der Waals surface area contributed by atoms with E-state index in [9.17, 15) is 9.18 Å². The van der Waals surface area contributed by atoms with Crippen molar-refractivity contribution in [3.8, 4) is 11.1 Å². The number of benzene rings is 3. The normalized spacial score (nSPS) is 18.2. The van der Waals surface area contributed by atoms with Crippen LogP contribution >= 0.6 is 0 Å². The molecule has 152 valence electrons. The molecule has 2 aliphatic rings. The first kappa shape index (κ1) is 19.0. The van der Waals surface area contributed by atoms with E-state index in [0.717, 1.165) is 49.2 Å². The summed E-state index contributed by atoms with van der Waals surface area (Å²) in [5.41, 5.74) is 5.67. The zero-order valence-electron chi connectivity index (χ0n) is 16.9. The number of carbonyl (C=O) groups excluding carboxylic acids is 1. The number of likely N-dealkylation sites (tertiary alicyclic amines) is 1. The van der Waals surface area contributed by atoms with Crippen LogP contribution in [0.4, 0.5) is 4.39 Å². The molecule has 3 aromatic rings. The maximum Gasteiger partial charge on any atom is 0.232 e. The molecule has 1 aliphatic carbocycles. The van der Waals surface area contributed by atoms with Gasteiger partial charge in [-0.15, -0.1) is 0 Å². The zero-order chi connectivity index (χ0) is 20.5. The fraction of sp³-hybridized carbons (Fsp3) is 0.269. The van der Waals surface area contributed by atoms with Crippen LogP contribution in [0.5, 0.6) is 0 Å². The molecule has 1 amide bonds. The van der Waals surface area contributed by atoms with Crippen LogP contribution < -0.4 is 5.32 Å². The molecule has 1 aliphatic heterocycles. The fourth-order valence-electron chi connectivity index (χ4n) is 4.81. The number of nitrogens with zero attached hydrogens (tertiary/aromatic N) is 1. The van der Waals surface area contributed by atoms with Crippen molar-refractivity contribution in [1.29, 1.82) is 0 Å². The van der Waals surface area contributed by atoms with Gasteiger partial charge in [-0.25, -0.2) is 4.39 Å². The number of rotatable bonds is 5. The molecule has 3 nitrogen and oxygen atoms in total. The summed E-state index contributed by atoms with van der Waals surface area (Å²) in [6.07, 6.45) is 1.86. The second kappa shape index (κ2) is 8.04. The predicted molar refractivity (Wildman–Crippen MR) is 117 cm³/mol. The SMILES string of the molecule is O=C(N[C@H]1CCN(CCc2ccc(F)cc2)C1)C1c2ccccc2-c2ccccc21. The van der Waals surface area contributed by atoms with Gasteiger partial charge >= 0.3 is 0 Å². The van der Waals surface area contributed by atoms with E-state index in [-0.39, 0.29) is 23.7 Å². The van der Waals surface area contributed by atoms with Gasteiger partial charge in [-0.3, -0.25) is 4.79 Å². The molecular formula is C26H25FN2O. The van der Waals surface area contributed by atoms with Gasteiger partial charge in [-0.2, -0.15) is 0 Å². The summed E-state index contributed by atoms with van der Waals surface area (Å²) in [7, 11) is 0. The number of fused-ring (bicyclic) bond motifs is 3. The summed E-state index contributed by atoms with van der Waals surface area (Å²) in [4.78, 5) is 15.7. The standard InChI is InChI=1S/C26H25FN2O/c27-19-11-9-18(10-12-19)13-15-29-16-14-20(17-29)28-26(30)25-23-7-3-1-5-21(23)22-6-2-4-8-24(22)25/h1-12,20,25H,13-17H2,(H,28,30)/t20-/m0/s1. The zero-order valence-corrected chi connectivity index (χ0v) is 16.9. The molecule has 5 rings (SSSR count). The molecule has 0 unspecified atom stereocenters. The van der Waals surface area contributed by atoms with Crippen molar-refractivity contribution in [2.75, 3.05) is 19.6 Å². The quantitative estimate of drug-likeness (QED) is 0.690. The van der Waals surface area contributed by atoms with Crippen molar-refractivity contribution in [2.45, 2.75) is 24.8 Å². The van der Waals surface area contributed by atoms with Crippen LogP contribution in [0, 0.1) is 5.82 Å². The van der Waals surface area contributed by atoms with Crippen molar-refractivity contribution in [3.05, 3.63) is 95.3 Å². The molecule has 0 spiro atoms. The van der Waals surface area contributed by atoms with E-state index in [1.54, 1.807) is 0 Å². The van der Waals surface area contributed by atoms with Crippen molar-refractivity contribution < 1.29 is 9.18 Å². The third-order valence-corrected chi connectivity index (χ3v) is 6.34. The van der Waals surface area contributed by atoms with Crippen LogP contribution in [0.1, 0.15) is 29.0 Å². The Labute approximate surface area is 176 Å². The van der Waals surface area contributed by atoms with Gasteiger partial charge in [0.1, 0.15) is 5.82 Å². The molecule has 0 saturated carbocycles. The number of hydrogen-bond donors (Lipinski definition) is 1. The van der Waals surface area contributed by atoms with E-state index in [2.05, 4.69) is 34.5 Å². The lowest BCUT2D eigenvalue weighted by atomic mass is 9.95. The smallest absolute Gasteiger partial charge is 0.232 e. The van der Waals surface area contributed by atoms with Crippen molar-refractivity contribution in [2.24, 2.45) is 0 Å². The molecule has 1 atom stereocenters. The molecular weight excluding hydrogens is 375 g/mol. The lowest BCUT2D eigenvalue weighted by molar-refractivity contribution is -0.122. The molecule has 0 radical (unpaired) electrons. The summed E-state index contributed by atoms with van der Waals surface area (Å²) < 4.78 is 13.1. The third-order valence-electron chi connectivity index (χ3n) is 6.34. The second-order valence-corrected chi connectivity index (χ2v) is 8.28. The number of nitrogens with one attached hydrogen (secondary N) is 1. The van der Waals surface area contributed by atoms with Gasteiger partial charge in [0.25, 0.3) is 0 Å². The predicted octanol–water partition coefficient (Wildman–Crippen LogP) is 4.37. The highest BCUT2D eigenvalue weighted by Crippen LogP contribution is 2.44. The Balaban J connectivity index is 1.23. The van der Waals surface area contributed by atoms with Gasteiger partial charge in [-0.1, -0.05) is 60.7 Å². The summed E-state index contributed by atoms with van der Waals surface area (Å²) in [6, 6.07) is 23.3. The first-order valence-electron chi connectivity index (χ1n) is 10.6. The van der Waals surface area contributed by atoms with Gasteiger partial charge in [0.05, 0.1) is 5.92 Å². The largest absolute Gasteiger partial charge is 0.351 e. The van der Waals surface area contributed by atoms with Crippen LogP contribution in [-0.4, -0.2) is 36.5 Å². The van der Waals surface area contributed by atoms with Crippen LogP contribution in [0.25, 0.3) is 11.1 Å². The lowest BCUT2D eigenvalue weighted by Gasteiger charge is -2.19. The first-order valence-corrected chi connectivity index (χ1v) is 10.6. The molecule has 0 aromatic heterocycles. The minimum absolute atomic E-state index is 0.0952. The van der Waals surface area contributed by atoms with Gasteiger partial charge < -0.3 is 10.2 Å². The maximum atomic E-state index is 13.3. The Hall–Kier alpha value is -2.98. The Bertz CT molecular complexity index is 1020. The monoisotopic (exact) mass is 400 g/mol. The second-order valence-electron chi connectivity index (χ2n) is 8.28. The Morgan fingerprint density at radius 3 is 2.23 bits per heavy atom. The molecule has 1 fully saturated rings. The van der Waals surface area contributed by atoms with E-state index < -0.39 is 0 Å². The van der Waals surface area contributed by atoms with E-state index in [0.29, 0.717) is 0 Å². The van der Waals surface area contributed by atoms with Crippen molar-refractivity contribution >= 4 is 5.91 Å². The highest BCUT2D eigenvalue weighted by Gasteiger charge is 2.35. The van der Waals surface area contributed by atoms with Crippen LogP contribution in [0.15, 0.2) is 72.8 Å². The molecule has 3 aromatic carbocycles. The van der Waals surface area contributed by atoms with Crippen LogP contribution in [0.3, 0.4) is 0 Å². The number of amides is 1. The van der Waals surface area contributed by atoms with Crippen molar-refractivity contribution in [3.63, 3.8) is 0 Å². The highest BCUT2D eigenvalue weighted by atomic mass is 19.1. The Morgan fingerprint density at radius 2 is 1.57 bits per heavy atom. The molecule has 1 N–H and O–H groups in total. The molecule has 1 heterocycles. The summed E-state index contributed by atoms with van der Waals surface area (Å²) >= 11 is 0. The average molecular weight is 400 g/mol. The highest BCUT2D eigenvalue weighted by molar-refractivity contribution is 5.96. The minimum Gasteiger partial charge on any atom is -0.351 e. The van der Waals surface area contributed by atoms with E-state index in [1.807, 2.05) is 36.4 Å². The van der Waals surface area contributed by atoms with Crippen molar-refractivity contribution in [1.82, 2.24) is 10.2 Å². The summed E-state index contributed by atoms with van der Waals surface area (Å²) in [6.45, 7) is 2.76. The fourth-order valence-corrected chi connectivity index (χ4v) is 4.81. The van der Waals surface area contributed by atoms with Gasteiger partial charge in [0.15, 0.2) is 0 Å². The Morgan fingerprint density at radius 1 is 0.933 bits per heavy atom. The summed E-state index contributed by atoms with van der Waals surface area (Å²) in [5.74, 6) is -0.332. The van der Waals surface area contributed by atoms with E-state index >= 15 is 0 Å². The van der Waals surface area contributed by atoms with Gasteiger partial charge in [0, 0.05) is 25.7 Å². The first-order chi connectivity index (χ1) is 14.7. The van der Waals surface area contributed by atoms with Crippen LogP contribution in [-0.2, 0) is 11.2 Å². The number of halogens is 1. The third kappa shape index (κ3) is 3.63. The lowest BCUT2D eigenvalue weighted by Crippen LogP contribution is -2.40. The van der Waals surface area contributed by atoms with Crippen LogP contribution in [0.2, 0.25) is 0 Å². The van der Waals surface area contributed by atoms with E-state index in [4.69, 9.17) is 0 Å². The average Bonchev–Trinajstić information content (AvgIpc) is 3.35. The van der Waals surface area contributed by atoms with Gasteiger partial charge in [-0.05, 0) is 52.8 Å². The Kier molecular flexibility index (Phi) is 5.09. The van der Waals surface area contributed by atoms with Gasteiger partial charge in [0.2, 0.25) is 5.91 Å². The number of carbonyl (C=O) groups is 1. The van der Waals surface area contributed by atoms with E-state index in [1.165, 1.54) is 23.3 Å². The number of hydrogen-bond acceptors (Lipinski definition) is 2. The summed E-state index contributed by atoms with van der Waals surface area (Å²) in [5, 5.41) is 3.31. The maximum absolute atomic E-state index is 13.3. The molecule has 4 heteroatoms.